The van der Waals surface area contributed by atoms with Crippen molar-refractivity contribution in [2.75, 3.05) is 13.1 Å². The summed E-state index contributed by atoms with van der Waals surface area (Å²) in [7, 11) is 0. The number of pyridine rings is 1. The van der Waals surface area contributed by atoms with Crippen LogP contribution in [0.2, 0.25) is 0 Å². The van der Waals surface area contributed by atoms with Crippen LogP contribution in [0.15, 0.2) is 72.8 Å². The normalized spacial score (nSPS) is 16.4. The minimum Gasteiger partial charge on any atom is -0.481 e. The molecule has 1 aromatic heterocycles. The maximum Gasteiger partial charge on any atom is 0.306 e. The highest BCUT2D eigenvalue weighted by atomic mass is 16.4. The van der Waals surface area contributed by atoms with E-state index in [9.17, 15) is 9.90 Å². The molecule has 29 heavy (non-hydrogen) atoms. The van der Waals surface area contributed by atoms with Gasteiger partial charge in [-0.2, -0.15) is 0 Å². The number of carboxylic acid groups (broad SMARTS) is 1. The second-order valence-corrected chi connectivity index (χ2v) is 7.74. The molecule has 1 atom stereocenters. The van der Waals surface area contributed by atoms with Crippen LogP contribution >= 0.6 is 0 Å². The Morgan fingerprint density at radius 3 is 2.21 bits per heavy atom. The zero-order chi connectivity index (χ0) is 20.2. The van der Waals surface area contributed by atoms with E-state index in [4.69, 9.17) is 4.98 Å². The second kappa shape index (κ2) is 8.58. The van der Waals surface area contributed by atoms with Crippen molar-refractivity contribution in [3.63, 3.8) is 0 Å². The number of rotatable bonds is 5. The third-order valence-electron chi connectivity index (χ3n) is 5.77. The van der Waals surface area contributed by atoms with E-state index in [0.717, 1.165) is 24.5 Å². The number of benzene rings is 2. The molecule has 0 radical (unpaired) electrons. The number of piperidine rings is 1. The Kier molecular flexibility index (Phi) is 5.72. The number of aliphatic carboxylic acids is 1. The molecule has 3 aromatic rings. The van der Waals surface area contributed by atoms with Crippen molar-refractivity contribution in [3.8, 4) is 11.1 Å². The Balaban J connectivity index is 1.65. The van der Waals surface area contributed by atoms with Gasteiger partial charge in [0.15, 0.2) is 0 Å². The first-order valence-corrected chi connectivity index (χ1v) is 10.2. The fourth-order valence-corrected chi connectivity index (χ4v) is 4.18. The van der Waals surface area contributed by atoms with Crippen molar-refractivity contribution >= 4 is 5.97 Å². The number of carbonyl (C=O) groups is 1. The van der Waals surface area contributed by atoms with E-state index in [1.54, 1.807) is 0 Å². The first-order chi connectivity index (χ1) is 14.1. The van der Waals surface area contributed by atoms with Gasteiger partial charge >= 0.3 is 5.97 Å². The van der Waals surface area contributed by atoms with Crippen LogP contribution in [-0.4, -0.2) is 34.0 Å². The van der Waals surface area contributed by atoms with Gasteiger partial charge in [-0.3, -0.25) is 14.7 Å². The highest BCUT2D eigenvalue weighted by Crippen LogP contribution is 2.33. The molecule has 1 saturated heterocycles. The van der Waals surface area contributed by atoms with Crippen molar-refractivity contribution in [2.45, 2.75) is 25.8 Å². The van der Waals surface area contributed by atoms with E-state index in [-0.39, 0.29) is 12.0 Å². The number of hydrogen-bond donors (Lipinski definition) is 1. The van der Waals surface area contributed by atoms with E-state index in [1.165, 1.54) is 16.7 Å². The van der Waals surface area contributed by atoms with Gasteiger partial charge in [-0.05, 0) is 61.7 Å². The maximum atomic E-state index is 11.4. The predicted octanol–water partition coefficient (Wildman–Crippen LogP) is 4.94. The van der Waals surface area contributed by atoms with E-state index in [2.05, 4.69) is 59.5 Å². The Bertz CT molecular complexity index is 962. The van der Waals surface area contributed by atoms with Crippen molar-refractivity contribution in [1.29, 1.82) is 0 Å². The van der Waals surface area contributed by atoms with Gasteiger partial charge in [0.2, 0.25) is 0 Å². The largest absolute Gasteiger partial charge is 0.481 e. The Morgan fingerprint density at radius 2 is 1.59 bits per heavy atom. The topological polar surface area (TPSA) is 53.4 Å². The average molecular weight is 386 g/mol. The van der Waals surface area contributed by atoms with Crippen LogP contribution in [0.1, 0.15) is 35.8 Å². The van der Waals surface area contributed by atoms with Crippen LogP contribution in [0.25, 0.3) is 11.1 Å². The molecule has 148 valence electrons. The Hall–Kier alpha value is -2.98. The third kappa shape index (κ3) is 4.38. The molecule has 0 saturated carbocycles. The van der Waals surface area contributed by atoms with E-state index in [0.29, 0.717) is 12.8 Å². The molecule has 2 heterocycles. The summed E-state index contributed by atoms with van der Waals surface area (Å²) in [5.74, 6) is -0.917. The molecule has 0 bridgehead atoms. The molecular weight excluding hydrogens is 360 g/mol. The van der Waals surface area contributed by atoms with Crippen LogP contribution in [-0.2, 0) is 4.79 Å². The van der Waals surface area contributed by atoms with Crippen LogP contribution < -0.4 is 0 Å². The van der Waals surface area contributed by atoms with Crippen LogP contribution in [0.3, 0.4) is 0 Å². The van der Waals surface area contributed by atoms with Gasteiger partial charge in [-0.25, -0.2) is 0 Å². The molecule has 1 unspecified atom stereocenters. The van der Waals surface area contributed by atoms with Crippen molar-refractivity contribution < 1.29 is 9.90 Å². The fourth-order valence-electron chi connectivity index (χ4n) is 4.18. The lowest BCUT2D eigenvalue weighted by Crippen LogP contribution is -2.39. The summed E-state index contributed by atoms with van der Waals surface area (Å²) in [5, 5.41) is 9.34. The molecule has 0 aliphatic carbocycles. The molecule has 1 aliphatic rings. The minimum absolute atomic E-state index is 0.0365. The number of nitrogens with zero attached hydrogens (tertiary/aromatic N) is 2. The summed E-state index contributed by atoms with van der Waals surface area (Å²) in [4.78, 5) is 18.5. The molecule has 4 heteroatoms. The second-order valence-electron chi connectivity index (χ2n) is 7.74. The molecule has 4 rings (SSSR count). The molecular formula is C25H26N2O2. The highest BCUT2D eigenvalue weighted by Gasteiger charge is 2.30. The lowest BCUT2D eigenvalue weighted by Gasteiger charge is -2.36. The van der Waals surface area contributed by atoms with Crippen molar-refractivity contribution in [3.05, 3.63) is 89.7 Å². The number of aromatic nitrogens is 1. The number of aryl methyl sites for hydroxylation is 1. The summed E-state index contributed by atoms with van der Waals surface area (Å²) in [6, 6.07) is 25.2. The first-order valence-electron chi connectivity index (χ1n) is 10.2. The van der Waals surface area contributed by atoms with Crippen LogP contribution in [0.5, 0.6) is 0 Å². The van der Waals surface area contributed by atoms with E-state index < -0.39 is 5.97 Å². The van der Waals surface area contributed by atoms with Gasteiger partial charge in [-0.1, -0.05) is 60.7 Å². The number of hydrogen-bond acceptors (Lipinski definition) is 3. The summed E-state index contributed by atoms with van der Waals surface area (Å²) in [6.07, 6.45) is 1.36. The van der Waals surface area contributed by atoms with Crippen LogP contribution in [0, 0.1) is 12.8 Å². The lowest BCUT2D eigenvalue weighted by molar-refractivity contribution is -0.143. The van der Waals surface area contributed by atoms with Gasteiger partial charge < -0.3 is 5.11 Å². The third-order valence-corrected chi connectivity index (χ3v) is 5.77. The zero-order valence-corrected chi connectivity index (χ0v) is 16.7. The monoisotopic (exact) mass is 386 g/mol. The van der Waals surface area contributed by atoms with E-state index >= 15 is 0 Å². The summed E-state index contributed by atoms with van der Waals surface area (Å²) < 4.78 is 0. The average Bonchev–Trinajstić information content (AvgIpc) is 2.75. The highest BCUT2D eigenvalue weighted by molar-refractivity contribution is 5.70. The minimum atomic E-state index is -0.679. The van der Waals surface area contributed by atoms with Crippen molar-refractivity contribution in [2.24, 2.45) is 5.92 Å². The van der Waals surface area contributed by atoms with Gasteiger partial charge in [0.1, 0.15) is 0 Å². The summed E-state index contributed by atoms with van der Waals surface area (Å²) >= 11 is 0. The number of likely N-dealkylation sites (tertiary alicyclic amines) is 1. The Morgan fingerprint density at radius 1 is 0.931 bits per heavy atom. The first kappa shape index (κ1) is 19.3. The standard InChI is InChI=1S/C25H26N2O2/c1-18-6-5-9-23(26-18)24(27-16-14-22(15-17-27)25(28)29)21-12-10-20(11-13-21)19-7-3-2-4-8-19/h2-13,22,24H,14-17H2,1H3,(H,28,29). The van der Waals surface area contributed by atoms with Gasteiger partial charge in [0.25, 0.3) is 0 Å². The summed E-state index contributed by atoms with van der Waals surface area (Å²) in [5.41, 5.74) is 5.60. The quantitative estimate of drug-likeness (QED) is 0.675. The SMILES string of the molecule is Cc1cccc(C(c2ccc(-c3ccccc3)cc2)N2CCC(C(=O)O)CC2)n1. The predicted molar refractivity (Wildman–Crippen MR) is 115 cm³/mol. The molecule has 0 spiro atoms. The molecule has 1 fully saturated rings. The molecule has 1 aliphatic heterocycles. The van der Waals surface area contributed by atoms with Gasteiger partial charge in [-0.15, -0.1) is 0 Å². The van der Waals surface area contributed by atoms with Gasteiger partial charge in [0, 0.05) is 5.69 Å². The maximum absolute atomic E-state index is 11.4. The number of carboxylic acids is 1. The molecule has 0 amide bonds. The fraction of sp³-hybridized carbons (Fsp3) is 0.280. The zero-order valence-electron chi connectivity index (χ0n) is 16.7. The smallest absolute Gasteiger partial charge is 0.306 e. The molecule has 1 N–H and O–H groups in total. The molecule has 2 aromatic carbocycles. The summed E-state index contributed by atoms with van der Waals surface area (Å²) in [6.45, 7) is 3.53. The van der Waals surface area contributed by atoms with Crippen LogP contribution in [0.4, 0.5) is 0 Å². The Labute approximate surface area is 171 Å². The van der Waals surface area contributed by atoms with Crippen molar-refractivity contribution in [1.82, 2.24) is 9.88 Å². The van der Waals surface area contributed by atoms with Gasteiger partial charge in [0.05, 0.1) is 17.7 Å². The lowest BCUT2D eigenvalue weighted by atomic mass is 9.92. The molecule has 4 nitrogen and oxygen atoms in total. The van der Waals surface area contributed by atoms with E-state index in [1.807, 2.05) is 25.1 Å².